The van der Waals surface area contributed by atoms with Gasteiger partial charge in [-0.3, -0.25) is 4.79 Å². The molecule has 2 aromatic carbocycles. The van der Waals surface area contributed by atoms with Crippen molar-refractivity contribution in [2.75, 3.05) is 12.4 Å². The SMILES string of the molecule is CNC1C(=O)Nc2ccc(Oc3ccccc3)cc21. The maximum absolute atomic E-state index is 11.7. The highest BCUT2D eigenvalue weighted by atomic mass is 16.5. The number of para-hydroxylation sites is 1. The molecule has 0 aliphatic carbocycles. The number of amides is 1. The number of benzene rings is 2. The second-order valence-corrected chi connectivity index (χ2v) is 4.38. The normalized spacial score (nSPS) is 16.9. The van der Waals surface area contributed by atoms with Crippen LogP contribution in [0, 0.1) is 0 Å². The Morgan fingerprint density at radius 3 is 2.63 bits per heavy atom. The Morgan fingerprint density at radius 1 is 1.11 bits per heavy atom. The summed E-state index contributed by atoms with van der Waals surface area (Å²) in [6.07, 6.45) is 0. The number of rotatable bonds is 3. The number of carbonyl (C=O) groups is 1. The van der Waals surface area contributed by atoms with Crippen LogP contribution in [0.5, 0.6) is 11.5 Å². The standard InChI is InChI=1S/C15H14N2O2/c1-16-14-12-9-11(7-8-13(12)17-15(14)18)19-10-5-3-2-4-6-10/h2-9,14,16H,1H3,(H,17,18). The largest absolute Gasteiger partial charge is 0.457 e. The van der Waals surface area contributed by atoms with E-state index in [-0.39, 0.29) is 11.9 Å². The van der Waals surface area contributed by atoms with E-state index in [2.05, 4.69) is 10.6 Å². The molecular weight excluding hydrogens is 240 g/mol. The van der Waals surface area contributed by atoms with Crippen LogP contribution in [0.2, 0.25) is 0 Å². The first-order valence-corrected chi connectivity index (χ1v) is 6.13. The van der Waals surface area contributed by atoms with Gasteiger partial charge in [-0.1, -0.05) is 18.2 Å². The lowest BCUT2D eigenvalue weighted by atomic mass is 10.1. The molecule has 3 rings (SSSR count). The molecule has 4 heteroatoms. The van der Waals surface area contributed by atoms with Gasteiger partial charge in [-0.05, 0) is 37.4 Å². The fraction of sp³-hybridized carbons (Fsp3) is 0.133. The average molecular weight is 254 g/mol. The van der Waals surface area contributed by atoms with Crippen LogP contribution in [0.15, 0.2) is 48.5 Å². The first-order valence-electron chi connectivity index (χ1n) is 6.13. The van der Waals surface area contributed by atoms with Crippen molar-refractivity contribution in [3.63, 3.8) is 0 Å². The van der Waals surface area contributed by atoms with Gasteiger partial charge in [-0.25, -0.2) is 0 Å². The summed E-state index contributed by atoms with van der Waals surface area (Å²) in [6, 6.07) is 14.9. The molecule has 2 N–H and O–H groups in total. The van der Waals surface area contributed by atoms with E-state index in [9.17, 15) is 4.79 Å². The lowest BCUT2D eigenvalue weighted by Gasteiger charge is -2.09. The van der Waals surface area contributed by atoms with E-state index in [1.807, 2.05) is 48.5 Å². The molecule has 0 saturated heterocycles. The summed E-state index contributed by atoms with van der Waals surface area (Å²) in [5.41, 5.74) is 1.76. The quantitative estimate of drug-likeness (QED) is 0.885. The van der Waals surface area contributed by atoms with Gasteiger partial charge in [-0.15, -0.1) is 0 Å². The fourth-order valence-corrected chi connectivity index (χ4v) is 2.21. The fourth-order valence-electron chi connectivity index (χ4n) is 2.21. The van der Waals surface area contributed by atoms with E-state index in [0.29, 0.717) is 0 Å². The summed E-state index contributed by atoms with van der Waals surface area (Å²) in [5, 5.41) is 5.83. The molecule has 0 radical (unpaired) electrons. The van der Waals surface area contributed by atoms with Gasteiger partial charge in [0.05, 0.1) is 0 Å². The molecule has 1 amide bonds. The third kappa shape index (κ3) is 2.18. The average Bonchev–Trinajstić information content (AvgIpc) is 2.74. The van der Waals surface area contributed by atoms with Crippen molar-refractivity contribution in [3.8, 4) is 11.5 Å². The topological polar surface area (TPSA) is 50.4 Å². The van der Waals surface area contributed by atoms with Crippen LogP contribution in [-0.2, 0) is 4.79 Å². The third-order valence-electron chi connectivity index (χ3n) is 3.12. The second-order valence-electron chi connectivity index (χ2n) is 4.38. The molecule has 96 valence electrons. The highest BCUT2D eigenvalue weighted by Crippen LogP contribution is 2.34. The minimum absolute atomic E-state index is 0.0330. The summed E-state index contributed by atoms with van der Waals surface area (Å²) in [5.74, 6) is 1.47. The van der Waals surface area contributed by atoms with Gasteiger partial charge < -0.3 is 15.4 Å². The van der Waals surface area contributed by atoms with Gasteiger partial charge in [0.15, 0.2) is 0 Å². The Hall–Kier alpha value is -2.33. The van der Waals surface area contributed by atoms with E-state index in [1.54, 1.807) is 7.05 Å². The lowest BCUT2D eigenvalue weighted by molar-refractivity contribution is -0.117. The summed E-state index contributed by atoms with van der Waals surface area (Å²) in [7, 11) is 1.77. The highest BCUT2D eigenvalue weighted by molar-refractivity contribution is 6.02. The number of hydrogen-bond acceptors (Lipinski definition) is 3. The first kappa shape index (κ1) is 11.7. The van der Waals surface area contributed by atoms with Gasteiger partial charge in [0.25, 0.3) is 0 Å². The van der Waals surface area contributed by atoms with Crippen molar-refractivity contribution in [1.82, 2.24) is 5.32 Å². The Balaban J connectivity index is 1.90. The molecule has 0 aromatic heterocycles. The Labute approximate surface area is 111 Å². The molecule has 1 unspecified atom stereocenters. The number of anilines is 1. The van der Waals surface area contributed by atoms with E-state index < -0.39 is 0 Å². The summed E-state index contributed by atoms with van der Waals surface area (Å²) >= 11 is 0. The van der Waals surface area contributed by atoms with Gasteiger partial charge in [-0.2, -0.15) is 0 Å². The molecule has 1 aliphatic heterocycles. The Kier molecular flexibility index (Phi) is 2.93. The first-order chi connectivity index (χ1) is 9.28. The molecular formula is C15H14N2O2. The van der Waals surface area contributed by atoms with Crippen molar-refractivity contribution >= 4 is 11.6 Å². The molecule has 1 aliphatic rings. The maximum Gasteiger partial charge on any atom is 0.246 e. The zero-order valence-electron chi connectivity index (χ0n) is 10.5. The van der Waals surface area contributed by atoms with E-state index in [1.165, 1.54) is 0 Å². The molecule has 4 nitrogen and oxygen atoms in total. The molecule has 0 fully saturated rings. The number of likely N-dealkylation sites (N-methyl/N-ethyl adjacent to an activating group) is 1. The van der Waals surface area contributed by atoms with Crippen LogP contribution < -0.4 is 15.4 Å². The lowest BCUT2D eigenvalue weighted by Crippen LogP contribution is -2.23. The summed E-state index contributed by atoms with van der Waals surface area (Å²) < 4.78 is 5.76. The van der Waals surface area contributed by atoms with Crippen molar-refractivity contribution in [2.24, 2.45) is 0 Å². The van der Waals surface area contributed by atoms with Crippen LogP contribution in [0.1, 0.15) is 11.6 Å². The molecule has 1 heterocycles. The van der Waals surface area contributed by atoms with Crippen molar-refractivity contribution in [2.45, 2.75) is 6.04 Å². The predicted molar refractivity (Wildman–Crippen MR) is 73.4 cm³/mol. The Bertz CT molecular complexity index is 611. The van der Waals surface area contributed by atoms with E-state index in [4.69, 9.17) is 4.74 Å². The molecule has 0 spiro atoms. The summed E-state index contributed by atoms with van der Waals surface area (Å²) in [4.78, 5) is 11.7. The number of carbonyl (C=O) groups excluding carboxylic acids is 1. The zero-order chi connectivity index (χ0) is 13.2. The van der Waals surface area contributed by atoms with Crippen LogP contribution in [0.25, 0.3) is 0 Å². The second kappa shape index (κ2) is 4.74. The van der Waals surface area contributed by atoms with Crippen LogP contribution in [-0.4, -0.2) is 13.0 Å². The van der Waals surface area contributed by atoms with Crippen molar-refractivity contribution in [1.29, 1.82) is 0 Å². The number of hydrogen-bond donors (Lipinski definition) is 2. The third-order valence-corrected chi connectivity index (χ3v) is 3.12. The molecule has 0 saturated carbocycles. The summed E-state index contributed by atoms with van der Waals surface area (Å²) in [6.45, 7) is 0. The highest BCUT2D eigenvalue weighted by Gasteiger charge is 2.29. The maximum atomic E-state index is 11.7. The monoisotopic (exact) mass is 254 g/mol. The van der Waals surface area contributed by atoms with E-state index in [0.717, 1.165) is 22.7 Å². The molecule has 0 bridgehead atoms. The molecule has 1 atom stereocenters. The minimum atomic E-state index is -0.311. The van der Waals surface area contributed by atoms with Gasteiger partial charge in [0.2, 0.25) is 5.91 Å². The minimum Gasteiger partial charge on any atom is -0.457 e. The van der Waals surface area contributed by atoms with Crippen LogP contribution >= 0.6 is 0 Å². The van der Waals surface area contributed by atoms with Gasteiger partial charge >= 0.3 is 0 Å². The van der Waals surface area contributed by atoms with Crippen molar-refractivity contribution < 1.29 is 9.53 Å². The zero-order valence-corrected chi connectivity index (χ0v) is 10.5. The number of nitrogens with one attached hydrogen (secondary N) is 2. The van der Waals surface area contributed by atoms with Crippen molar-refractivity contribution in [3.05, 3.63) is 54.1 Å². The molecule has 19 heavy (non-hydrogen) atoms. The number of ether oxygens (including phenoxy) is 1. The van der Waals surface area contributed by atoms with Gasteiger partial charge in [0, 0.05) is 11.3 Å². The Morgan fingerprint density at radius 2 is 1.89 bits per heavy atom. The number of fused-ring (bicyclic) bond motifs is 1. The van der Waals surface area contributed by atoms with Crippen LogP contribution in [0.4, 0.5) is 5.69 Å². The van der Waals surface area contributed by atoms with E-state index >= 15 is 0 Å². The molecule has 2 aromatic rings. The van der Waals surface area contributed by atoms with Gasteiger partial charge in [0.1, 0.15) is 17.5 Å². The smallest absolute Gasteiger partial charge is 0.246 e. The van der Waals surface area contributed by atoms with Crippen LogP contribution in [0.3, 0.4) is 0 Å². The predicted octanol–water partition coefficient (Wildman–Crippen LogP) is 2.69.